The van der Waals surface area contributed by atoms with Crippen LogP contribution in [0.5, 0.6) is 0 Å². The van der Waals surface area contributed by atoms with E-state index in [1.807, 2.05) is 0 Å². The lowest BCUT2D eigenvalue weighted by atomic mass is 9.73. The molecule has 1 heteroatoms. The molecule has 1 saturated heterocycles. The van der Waals surface area contributed by atoms with E-state index in [0.29, 0.717) is 0 Å². The maximum atomic E-state index is 2.55. The number of hydrogen-bond donors (Lipinski definition) is 0. The van der Waals surface area contributed by atoms with Gasteiger partial charge in [-0.05, 0) is 38.6 Å². The van der Waals surface area contributed by atoms with Gasteiger partial charge < -0.3 is 4.90 Å². The smallest absolute Gasteiger partial charge is 0.00698 e. The van der Waals surface area contributed by atoms with Crippen LogP contribution in [-0.4, -0.2) is 24.5 Å². The van der Waals surface area contributed by atoms with Gasteiger partial charge >= 0.3 is 0 Å². The molecule has 1 heterocycles. The lowest BCUT2D eigenvalue weighted by Crippen LogP contribution is -2.27. The fourth-order valence-electron chi connectivity index (χ4n) is 3.20. The second kappa shape index (κ2) is 3.02. The minimum Gasteiger partial charge on any atom is -0.303 e. The van der Waals surface area contributed by atoms with Gasteiger partial charge in [-0.15, -0.1) is 0 Å². The van der Waals surface area contributed by atoms with Crippen molar-refractivity contribution in [2.75, 3.05) is 13.6 Å². The third-order valence-electron chi connectivity index (χ3n) is 3.98. The summed E-state index contributed by atoms with van der Waals surface area (Å²) < 4.78 is 0. The van der Waals surface area contributed by atoms with Crippen LogP contribution < -0.4 is 0 Å². The quantitative estimate of drug-likeness (QED) is 0.536. The van der Waals surface area contributed by atoms with Gasteiger partial charge in [0.1, 0.15) is 0 Å². The summed E-state index contributed by atoms with van der Waals surface area (Å²) in [5.74, 6) is 0. The van der Waals surface area contributed by atoms with Gasteiger partial charge in [-0.1, -0.05) is 19.3 Å². The zero-order valence-corrected chi connectivity index (χ0v) is 8.47. The first-order chi connectivity index (χ1) is 5.72. The zero-order valence-electron chi connectivity index (χ0n) is 8.47. The fraction of sp³-hybridized carbons (Fsp3) is 1.00. The molecule has 1 saturated carbocycles. The van der Waals surface area contributed by atoms with Crippen molar-refractivity contribution in [3.05, 3.63) is 0 Å². The van der Waals surface area contributed by atoms with Crippen LogP contribution in [0, 0.1) is 5.41 Å². The van der Waals surface area contributed by atoms with Crippen LogP contribution in [0.2, 0.25) is 0 Å². The number of rotatable bonds is 0. The Balaban J connectivity index is 2.02. The predicted octanol–water partition coefficient (Wildman–Crippen LogP) is 2.66. The highest BCUT2D eigenvalue weighted by Gasteiger charge is 2.40. The van der Waals surface area contributed by atoms with E-state index >= 15 is 0 Å². The van der Waals surface area contributed by atoms with Crippen LogP contribution in [-0.2, 0) is 0 Å². The van der Waals surface area contributed by atoms with Gasteiger partial charge in [0.2, 0.25) is 0 Å². The molecule has 0 aromatic heterocycles. The van der Waals surface area contributed by atoms with E-state index in [-0.39, 0.29) is 0 Å². The maximum absolute atomic E-state index is 2.55. The van der Waals surface area contributed by atoms with E-state index in [0.717, 1.165) is 11.5 Å². The third-order valence-corrected chi connectivity index (χ3v) is 3.98. The van der Waals surface area contributed by atoms with Crippen molar-refractivity contribution in [1.82, 2.24) is 4.90 Å². The van der Waals surface area contributed by atoms with Crippen LogP contribution in [0.3, 0.4) is 0 Å². The van der Waals surface area contributed by atoms with Gasteiger partial charge in [0.15, 0.2) is 0 Å². The highest BCUT2D eigenvalue weighted by Crippen LogP contribution is 2.45. The molecule has 0 radical (unpaired) electrons. The first-order valence-corrected chi connectivity index (χ1v) is 5.42. The SMILES string of the molecule is C[C@H]1CC2(CCCCC2)CN1C. The van der Waals surface area contributed by atoms with Gasteiger partial charge in [0.25, 0.3) is 0 Å². The Morgan fingerprint density at radius 3 is 2.33 bits per heavy atom. The molecule has 0 unspecified atom stereocenters. The predicted molar refractivity (Wildman–Crippen MR) is 52.2 cm³/mol. The molecule has 2 aliphatic rings. The average molecular weight is 167 g/mol. The summed E-state index contributed by atoms with van der Waals surface area (Å²) in [5, 5.41) is 0. The Hall–Kier alpha value is -0.0400. The van der Waals surface area contributed by atoms with E-state index in [1.165, 1.54) is 45.1 Å². The first-order valence-electron chi connectivity index (χ1n) is 5.42. The number of hydrogen-bond acceptors (Lipinski definition) is 1. The Kier molecular flexibility index (Phi) is 2.16. The molecule has 2 fully saturated rings. The van der Waals surface area contributed by atoms with Crippen LogP contribution in [0.4, 0.5) is 0 Å². The molecule has 1 aliphatic heterocycles. The molecule has 0 N–H and O–H groups in total. The lowest BCUT2D eigenvalue weighted by molar-refractivity contribution is 0.195. The fourth-order valence-corrected chi connectivity index (χ4v) is 3.20. The lowest BCUT2D eigenvalue weighted by Gasteiger charge is -2.32. The second-order valence-corrected chi connectivity index (χ2v) is 5.03. The topological polar surface area (TPSA) is 3.24 Å². The largest absolute Gasteiger partial charge is 0.303 e. The van der Waals surface area contributed by atoms with E-state index in [2.05, 4.69) is 18.9 Å². The van der Waals surface area contributed by atoms with Gasteiger partial charge in [-0.3, -0.25) is 0 Å². The van der Waals surface area contributed by atoms with E-state index in [9.17, 15) is 0 Å². The van der Waals surface area contributed by atoms with Crippen molar-refractivity contribution in [2.45, 2.75) is 51.5 Å². The molecule has 1 nitrogen and oxygen atoms in total. The van der Waals surface area contributed by atoms with Crippen LogP contribution in [0.15, 0.2) is 0 Å². The summed E-state index contributed by atoms with van der Waals surface area (Å²) >= 11 is 0. The van der Waals surface area contributed by atoms with Gasteiger partial charge in [-0.2, -0.15) is 0 Å². The third kappa shape index (κ3) is 1.39. The molecule has 0 aromatic rings. The molecule has 1 atom stereocenters. The zero-order chi connectivity index (χ0) is 8.60. The summed E-state index contributed by atoms with van der Waals surface area (Å²) in [6.07, 6.45) is 8.92. The van der Waals surface area contributed by atoms with Crippen molar-refractivity contribution in [3.8, 4) is 0 Å². The summed E-state index contributed by atoms with van der Waals surface area (Å²) in [4.78, 5) is 2.55. The van der Waals surface area contributed by atoms with Crippen molar-refractivity contribution in [3.63, 3.8) is 0 Å². The minimum atomic E-state index is 0.742. The maximum Gasteiger partial charge on any atom is 0.00698 e. The Labute approximate surface area is 76.1 Å². The van der Waals surface area contributed by atoms with Gasteiger partial charge in [-0.25, -0.2) is 0 Å². The van der Waals surface area contributed by atoms with Crippen molar-refractivity contribution in [1.29, 1.82) is 0 Å². The molecule has 0 bridgehead atoms. The van der Waals surface area contributed by atoms with Crippen LogP contribution in [0.25, 0.3) is 0 Å². The number of likely N-dealkylation sites (tertiary alicyclic amines) is 1. The van der Waals surface area contributed by atoms with E-state index in [1.54, 1.807) is 0 Å². The molecule has 2 rings (SSSR count). The van der Waals surface area contributed by atoms with Crippen LogP contribution in [0.1, 0.15) is 45.4 Å². The normalized spacial score (nSPS) is 36.0. The van der Waals surface area contributed by atoms with Gasteiger partial charge in [0, 0.05) is 12.6 Å². The summed E-state index contributed by atoms with van der Waals surface area (Å²) in [6.45, 7) is 3.75. The summed E-state index contributed by atoms with van der Waals surface area (Å²) in [5.41, 5.74) is 0.742. The molecule has 70 valence electrons. The second-order valence-electron chi connectivity index (χ2n) is 5.03. The van der Waals surface area contributed by atoms with Crippen molar-refractivity contribution < 1.29 is 0 Å². The Morgan fingerprint density at radius 2 is 1.83 bits per heavy atom. The Bertz CT molecular complexity index is 146. The van der Waals surface area contributed by atoms with Crippen molar-refractivity contribution in [2.24, 2.45) is 5.41 Å². The molecular weight excluding hydrogens is 146 g/mol. The summed E-state index contributed by atoms with van der Waals surface area (Å²) in [6, 6.07) is 0.836. The summed E-state index contributed by atoms with van der Waals surface area (Å²) in [7, 11) is 2.29. The van der Waals surface area contributed by atoms with E-state index < -0.39 is 0 Å². The molecule has 1 aliphatic carbocycles. The molecular formula is C11H21N. The Morgan fingerprint density at radius 1 is 1.17 bits per heavy atom. The van der Waals surface area contributed by atoms with Crippen molar-refractivity contribution >= 4 is 0 Å². The molecule has 12 heavy (non-hydrogen) atoms. The highest BCUT2D eigenvalue weighted by molar-refractivity contribution is 4.94. The number of nitrogens with zero attached hydrogens (tertiary/aromatic N) is 1. The molecule has 0 aromatic carbocycles. The monoisotopic (exact) mass is 167 g/mol. The highest BCUT2D eigenvalue weighted by atomic mass is 15.2. The first kappa shape index (κ1) is 8.55. The van der Waals surface area contributed by atoms with Gasteiger partial charge in [0.05, 0.1) is 0 Å². The minimum absolute atomic E-state index is 0.742. The standard InChI is InChI=1S/C11H21N/c1-10-8-11(9-12(10)2)6-4-3-5-7-11/h10H,3-9H2,1-2H3/t10-/m0/s1. The molecule has 1 spiro atoms. The van der Waals surface area contributed by atoms with E-state index in [4.69, 9.17) is 0 Å². The molecule has 0 amide bonds. The average Bonchev–Trinajstić information content (AvgIpc) is 2.29. The van der Waals surface area contributed by atoms with Crippen LogP contribution >= 0.6 is 0 Å².